The van der Waals surface area contributed by atoms with E-state index in [-0.39, 0.29) is 5.91 Å². The van der Waals surface area contributed by atoms with Crippen LogP contribution >= 0.6 is 0 Å². The van der Waals surface area contributed by atoms with Crippen LogP contribution in [-0.4, -0.2) is 38.4 Å². The van der Waals surface area contributed by atoms with E-state index in [1.165, 1.54) is 18.4 Å². The zero-order chi connectivity index (χ0) is 19.8. The topological polar surface area (TPSA) is 66.0 Å². The van der Waals surface area contributed by atoms with Crippen molar-refractivity contribution >= 4 is 27.8 Å². The van der Waals surface area contributed by atoms with Crippen molar-refractivity contribution in [2.75, 3.05) is 13.1 Å². The van der Waals surface area contributed by atoms with Crippen LogP contribution in [0.3, 0.4) is 0 Å². The highest BCUT2D eigenvalue weighted by Crippen LogP contribution is 2.25. The second kappa shape index (κ2) is 7.37. The predicted octanol–water partition coefficient (Wildman–Crippen LogP) is 3.58. The van der Waals surface area contributed by atoms with Crippen molar-refractivity contribution < 1.29 is 4.79 Å². The van der Waals surface area contributed by atoms with Crippen molar-refractivity contribution in [2.24, 2.45) is 7.05 Å². The van der Waals surface area contributed by atoms with Crippen LogP contribution in [0.2, 0.25) is 0 Å². The fourth-order valence-electron chi connectivity index (χ4n) is 4.36. The zero-order valence-corrected chi connectivity index (χ0v) is 16.6. The van der Waals surface area contributed by atoms with E-state index in [4.69, 9.17) is 0 Å². The van der Waals surface area contributed by atoms with E-state index in [1.807, 2.05) is 60.3 Å². The largest absolute Gasteiger partial charge is 0.361 e. The van der Waals surface area contributed by atoms with Gasteiger partial charge in [0.25, 0.3) is 5.91 Å². The molecule has 4 aromatic rings. The number of hydrogen-bond donors (Lipinski definition) is 2. The van der Waals surface area contributed by atoms with Gasteiger partial charge in [-0.15, -0.1) is 0 Å². The fraction of sp³-hybridized carbons (Fsp3) is 0.304. The lowest BCUT2D eigenvalue weighted by Gasteiger charge is -2.14. The van der Waals surface area contributed by atoms with Crippen LogP contribution in [0, 0.1) is 0 Å². The van der Waals surface area contributed by atoms with Gasteiger partial charge in [0.2, 0.25) is 0 Å². The van der Waals surface area contributed by atoms with Crippen LogP contribution in [0.4, 0.5) is 0 Å². The molecule has 2 aromatic heterocycles. The van der Waals surface area contributed by atoms with Gasteiger partial charge in [-0.1, -0.05) is 18.2 Å². The number of imidazole rings is 1. The summed E-state index contributed by atoms with van der Waals surface area (Å²) in [6.07, 6.45) is 4.56. The Kier molecular flexibility index (Phi) is 4.56. The highest BCUT2D eigenvalue weighted by Gasteiger charge is 2.18. The number of aromatic nitrogens is 3. The number of aromatic amines is 1. The van der Waals surface area contributed by atoms with Crippen LogP contribution in [0.15, 0.2) is 48.7 Å². The van der Waals surface area contributed by atoms with Crippen LogP contribution in [-0.2, 0) is 20.1 Å². The van der Waals surface area contributed by atoms with Crippen LogP contribution < -0.4 is 5.32 Å². The monoisotopic (exact) mass is 387 g/mol. The summed E-state index contributed by atoms with van der Waals surface area (Å²) in [4.78, 5) is 23.5. The number of nitrogens with zero attached hydrogens (tertiary/aromatic N) is 3. The normalized spacial score (nSPS) is 14.8. The van der Waals surface area contributed by atoms with Crippen LogP contribution in [0.25, 0.3) is 21.9 Å². The highest BCUT2D eigenvalue weighted by atomic mass is 16.1. The number of hydrogen-bond acceptors (Lipinski definition) is 3. The first-order valence-electron chi connectivity index (χ1n) is 10.2. The molecule has 6 nitrogen and oxygen atoms in total. The lowest BCUT2D eigenvalue weighted by atomic mass is 10.1. The molecule has 0 saturated carbocycles. The van der Waals surface area contributed by atoms with E-state index in [0.29, 0.717) is 6.54 Å². The van der Waals surface area contributed by atoms with Crippen molar-refractivity contribution in [1.29, 1.82) is 0 Å². The van der Waals surface area contributed by atoms with Crippen molar-refractivity contribution in [2.45, 2.75) is 25.9 Å². The summed E-state index contributed by atoms with van der Waals surface area (Å²) in [5.41, 5.74) is 4.93. The smallest absolute Gasteiger partial charge is 0.252 e. The third-order valence-corrected chi connectivity index (χ3v) is 5.91. The lowest BCUT2D eigenvalue weighted by Crippen LogP contribution is -2.25. The fourth-order valence-corrected chi connectivity index (χ4v) is 4.36. The molecule has 1 aliphatic heterocycles. The first kappa shape index (κ1) is 17.9. The molecule has 0 radical (unpaired) electrons. The molecule has 29 heavy (non-hydrogen) atoms. The molecule has 1 saturated heterocycles. The highest BCUT2D eigenvalue weighted by molar-refractivity contribution is 6.07. The number of carbonyl (C=O) groups excluding carboxylic acids is 1. The molecule has 2 aromatic carbocycles. The Morgan fingerprint density at radius 3 is 2.79 bits per heavy atom. The van der Waals surface area contributed by atoms with Gasteiger partial charge in [-0.25, -0.2) is 4.98 Å². The number of likely N-dealkylation sites (tertiary alicyclic amines) is 1. The number of rotatable bonds is 5. The summed E-state index contributed by atoms with van der Waals surface area (Å²) < 4.78 is 2.03. The van der Waals surface area contributed by atoms with Gasteiger partial charge in [0, 0.05) is 36.3 Å². The number of nitrogens with one attached hydrogen (secondary N) is 2. The zero-order valence-electron chi connectivity index (χ0n) is 16.6. The van der Waals surface area contributed by atoms with Gasteiger partial charge in [-0.2, -0.15) is 0 Å². The molecule has 1 aliphatic rings. The van der Waals surface area contributed by atoms with Crippen molar-refractivity contribution in [3.8, 4) is 0 Å². The Bertz CT molecular complexity index is 1180. The molecule has 0 bridgehead atoms. The molecule has 0 spiro atoms. The summed E-state index contributed by atoms with van der Waals surface area (Å²) in [5, 5.41) is 4.10. The number of para-hydroxylation sites is 2. The van der Waals surface area contributed by atoms with Gasteiger partial charge in [-0.05, 0) is 55.8 Å². The molecule has 1 amide bonds. The minimum Gasteiger partial charge on any atom is -0.361 e. The van der Waals surface area contributed by atoms with Crippen LogP contribution in [0.1, 0.15) is 34.6 Å². The third kappa shape index (κ3) is 3.29. The minimum atomic E-state index is -0.0649. The molecule has 2 N–H and O–H groups in total. The molecule has 0 aliphatic carbocycles. The number of aryl methyl sites for hydroxylation is 1. The number of carbonyl (C=O) groups is 1. The molecule has 3 heterocycles. The molecule has 0 unspecified atom stereocenters. The number of amides is 1. The standard InChI is InChI=1S/C23H25N5O/c1-27-20-10-3-2-8-18(20)26-21(27)14-25-23(29)17-7-6-9-19-22(17)16(13-24-19)15-28-11-4-5-12-28/h2-3,6-10,13,24H,4-5,11-12,14-15H2,1H3,(H,25,29). The van der Waals surface area contributed by atoms with E-state index in [9.17, 15) is 4.79 Å². The molecular formula is C23H25N5O. The molecule has 148 valence electrons. The molecule has 0 atom stereocenters. The average Bonchev–Trinajstić information content (AvgIpc) is 3.47. The van der Waals surface area contributed by atoms with Crippen LogP contribution in [0.5, 0.6) is 0 Å². The Morgan fingerprint density at radius 2 is 1.97 bits per heavy atom. The maximum Gasteiger partial charge on any atom is 0.252 e. The molecule has 6 heteroatoms. The number of benzene rings is 2. The number of fused-ring (bicyclic) bond motifs is 2. The maximum atomic E-state index is 13.1. The lowest BCUT2D eigenvalue weighted by molar-refractivity contribution is 0.0951. The van der Waals surface area contributed by atoms with E-state index in [2.05, 4.69) is 20.2 Å². The summed E-state index contributed by atoms with van der Waals surface area (Å²) in [6.45, 7) is 3.54. The van der Waals surface area contributed by atoms with Gasteiger partial charge in [0.15, 0.2) is 0 Å². The minimum absolute atomic E-state index is 0.0649. The van der Waals surface area contributed by atoms with Gasteiger partial charge < -0.3 is 14.9 Å². The van der Waals surface area contributed by atoms with Crippen molar-refractivity contribution in [1.82, 2.24) is 24.8 Å². The molecule has 5 rings (SSSR count). The first-order valence-corrected chi connectivity index (χ1v) is 10.2. The Labute approximate surface area is 169 Å². The van der Waals surface area contributed by atoms with Gasteiger partial charge in [0.05, 0.1) is 17.6 Å². The summed E-state index contributed by atoms with van der Waals surface area (Å²) in [5.74, 6) is 0.781. The van der Waals surface area contributed by atoms with Gasteiger partial charge in [0.1, 0.15) is 5.82 Å². The Balaban J connectivity index is 1.40. The van der Waals surface area contributed by atoms with E-state index >= 15 is 0 Å². The SMILES string of the molecule is Cn1c(CNC(=O)c2cccc3[nH]cc(CN4CCCC4)c23)nc2ccccc21. The van der Waals surface area contributed by atoms with Gasteiger partial charge in [-0.3, -0.25) is 9.69 Å². The second-order valence-corrected chi connectivity index (χ2v) is 7.78. The summed E-state index contributed by atoms with van der Waals surface area (Å²) in [6, 6.07) is 13.9. The Hall–Kier alpha value is -3.12. The van der Waals surface area contributed by atoms with E-state index in [0.717, 1.165) is 53.0 Å². The van der Waals surface area contributed by atoms with Crippen molar-refractivity contribution in [3.63, 3.8) is 0 Å². The quantitative estimate of drug-likeness (QED) is 0.550. The van der Waals surface area contributed by atoms with E-state index in [1.54, 1.807) is 0 Å². The van der Waals surface area contributed by atoms with Gasteiger partial charge >= 0.3 is 0 Å². The first-order chi connectivity index (χ1) is 14.2. The van der Waals surface area contributed by atoms with Crippen molar-refractivity contribution in [3.05, 3.63) is 65.6 Å². The van der Waals surface area contributed by atoms with E-state index < -0.39 is 0 Å². The third-order valence-electron chi connectivity index (χ3n) is 5.91. The molecular weight excluding hydrogens is 362 g/mol. The number of H-pyrrole nitrogens is 1. The summed E-state index contributed by atoms with van der Waals surface area (Å²) >= 11 is 0. The second-order valence-electron chi connectivity index (χ2n) is 7.78. The Morgan fingerprint density at radius 1 is 1.14 bits per heavy atom. The summed E-state index contributed by atoms with van der Waals surface area (Å²) in [7, 11) is 1.98. The molecule has 1 fully saturated rings. The average molecular weight is 387 g/mol. The predicted molar refractivity (Wildman–Crippen MR) is 115 cm³/mol. The maximum absolute atomic E-state index is 13.1.